The van der Waals surface area contributed by atoms with E-state index in [1.165, 1.54) is 5.56 Å². The van der Waals surface area contributed by atoms with Gasteiger partial charge in [0.05, 0.1) is 21.3 Å². The summed E-state index contributed by atoms with van der Waals surface area (Å²) >= 11 is 0. The van der Waals surface area contributed by atoms with E-state index in [9.17, 15) is 0 Å². The highest BCUT2D eigenvalue weighted by Crippen LogP contribution is 2.38. The van der Waals surface area contributed by atoms with Gasteiger partial charge in [-0.15, -0.1) is 0 Å². The molecular weight excluding hydrogens is 372 g/mol. The average molecular weight is 405 g/mol. The fraction of sp³-hybridized carbons (Fsp3) is 0.455. The third-order valence-corrected chi connectivity index (χ3v) is 4.63. The molecule has 0 aliphatic carbocycles. The van der Waals surface area contributed by atoms with Crippen molar-refractivity contribution < 1.29 is 23.7 Å². The van der Waals surface area contributed by atoms with Gasteiger partial charge < -0.3 is 34.7 Å². The molecule has 0 spiro atoms. The second-order valence-corrected chi connectivity index (χ2v) is 6.65. The van der Waals surface area contributed by atoms with E-state index in [4.69, 9.17) is 29.4 Å². The first kappa shape index (κ1) is 22.6. The molecule has 0 bridgehead atoms. The summed E-state index contributed by atoms with van der Waals surface area (Å²) in [6, 6.07) is 10.4. The SMILES string of the molecule is CNC(C)Cc1ccc2c(c1)OCO2.COc1cc(CCN)cc(OC)c1OC. The molecule has 29 heavy (non-hydrogen) atoms. The van der Waals surface area contributed by atoms with Crippen molar-refractivity contribution in [3.05, 3.63) is 41.5 Å². The minimum absolute atomic E-state index is 0.348. The van der Waals surface area contributed by atoms with E-state index in [1.807, 2.05) is 25.2 Å². The van der Waals surface area contributed by atoms with Crippen molar-refractivity contribution in [3.63, 3.8) is 0 Å². The zero-order valence-electron chi connectivity index (χ0n) is 17.9. The Bertz CT molecular complexity index is 757. The van der Waals surface area contributed by atoms with Gasteiger partial charge in [0.2, 0.25) is 12.5 Å². The maximum Gasteiger partial charge on any atom is 0.231 e. The molecule has 3 N–H and O–H groups in total. The summed E-state index contributed by atoms with van der Waals surface area (Å²) in [5.41, 5.74) is 7.85. The van der Waals surface area contributed by atoms with E-state index >= 15 is 0 Å². The second-order valence-electron chi connectivity index (χ2n) is 6.65. The average Bonchev–Trinajstić information content (AvgIpc) is 3.21. The van der Waals surface area contributed by atoms with Gasteiger partial charge in [-0.1, -0.05) is 6.07 Å². The fourth-order valence-corrected chi connectivity index (χ4v) is 2.97. The van der Waals surface area contributed by atoms with Crippen molar-refractivity contribution in [2.75, 3.05) is 41.7 Å². The molecule has 1 atom stereocenters. The molecule has 1 aliphatic heterocycles. The second kappa shape index (κ2) is 11.4. The number of benzene rings is 2. The highest BCUT2D eigenvalue weighted by Gasteiger charge is 2.14. The molecule has 0 saturated carbocycles. The summed E-state index contributed by atoms with van der Waals surface area (Å²) in [5.74, 6) is 3.66. The molecule has 7 nitrogen and oxygen atoms in total. The molecule has 0 amide bonds. The molecule has 160 valence electrons. The molecule has 3 rings (SSSR count). The highest BCUT2D eigenvalue weighted by molar-refractivity contribution is 5.53. The van der Waals surface area contributed by atoms with E-state index in [2.05, 4.69) is 24.4 Å². The van der Waals surface area contributed by atoms with E-state index in [1.54, 1.807) is 21.3 Å². The lowest BCUT2D eigenvalue weighted by atomic mass is 10.1. The highest BCUT2D eigenvalue weighted by atomic mass is 16.7. The number of fused-ring (bicyclic) bond motifs is 1. The fourth-order valence-electron chi connectivity index (χ4n) is 2.97. The molecule has 0 saturated heterocycles. The monoisotopic (exact) mass is 404 g/mol. The number of nitrogens with one attached hydrogen (secondary N) is 1. The molecular formula is C22H32N2O5. The van der Waals surface area contributed by atoms with Gasteiger partial charge in [-0.05, 0) is 68.8 Å². The Balaban J connectivity index is 0.000000207. The van der Waals surface area contributed by atoms with Crippen LogP contribution in [0.2, 0.25) is 0 Å². The molecule has 2 aromatic carbocycles. The van der Waals surface area contributed by atoms with Gasteiger partial charge in [0.1, 0.15) is 0 Å². The standard InChI is InChI=1S/C11H17NO3.C11H15NO2/c1-13-9-6-8(4-5-12)7-10(14-2)11(9)15-3;1-8(12-2)5-9-3-4-10-11(6-9)14-7-13-10/h6-7H,4-5,12H2,1-3H3;3-4,6,8,12H,5,7H2,1-2H3. The third-order valence-electron chi connectivity index (χ3n) is 4.63. The third kappa shape index (κ3) is 6.17. The van der Waals surface area contributed by atoms with Crippen LogP contribution in [0, 0.1) is 0 Å². The lowest BCUT2D eigenvalue weighted by Crippen LogP contribution is -2.23. The summed E-state index contributed by atoms with van der Waals surface area (Å²) in [4.78, 5) is 0. The lowest BCUT2D eigenvalue weighted by Gasteiger charge is -2.13. The van der Waals surface area contributed by atoms with Crippen LogP contribution < -0.4 is 34.7 Å². The molecule has 0 aromatic heterocycles. The van der Waals surface area contributed by atoms with E-state index in [0.717, 1.165) is 29.9 Å². The van der Waals surface area contributed by atoms with Crippen molar-refractivity contribution in [3.8, 4) is 28.7 Å². The predicted molar refractivity (Wildman–Crippen MR) is 114 cm³/mol. The molecule has 1 aliphatic rings. The van der Waals surface area contributed by atoms with Crippen LogP contribution in [0.4, 0.5) is 0 Å². The summed E-state index contributed by atoms with van der Waals surface area (Å²) < 4.78 is 26.2. The summed E-state index contributed by atoms with van der Waals surface area (Å²) in [5, 5.41) is 3.21. The van der Waals surface area contributed by atoms with E-state index in [-0.39, 0.29) is 0 Å². The maximum absolute atomic E-state index is 5.50. The Hall–Kier alpha value is -2.64. The van der Waals surface area contributed by atoms with Crippen LogP contribution in [-0.4, -0.2) is 47.8 Å². The molecule has 2 aromatic rings. The van der Waals surface area contributed by atoms with Gasteiger partial charge in [-0.3, -0.25) is 0 Å². The summed E-state index contributed by atoms with van der Waals surface area (Å²) in [6.45, 7) is 3.10. The number of rotatable bonds is 8. The minimum atomic E-state index is 0.348. The number of methoxy groups -OCH3 is 3. The van der Waals surface area contributed by atoms with Crippen molar-refractivity contribution in [2.24, 2.45) is 5.73 Å². The number of hydrogen-bond acceptors (Lipinski definition) is 7. The summed E-state index contributed by atoms with van der Waals surface area (Å²) in [6.07, 6.45) is 1.80. The number of nitrogens with two attached hydrogens (primary N) is 1. The number of ether oxygens (including phenoxy) is 5. The van der Waals surface area contributed by atoms with Gasteiger partial charge in [0, 0.05) is 6.04 Å². The van der Waals surface area contributed by atoms with Crippen LogP contribution >= 0.6 is 0 Å². The zero-order valence-corrected chi connectivity index (χ0v) is 17.9. The van der Waals surface area contributed by atoms with E-state index in [0.29, 0.717) is 36.6 Å². The van der Waals surface area contributed by atoms with Crippen molar-refractivity contribution >= 4 is 0 Å². The normalized spacial score (nSPS) is 12.6. The summed E-state index contributed by atoms with van der Waals surface area (Å²) in [7, 11) is 6.76. The van der Waals surface area contributed by atoms with Crippen LogP contribution in [0.25, 0.3) is 0 Å². The van der Waals surface area contributed by atoms with Crippen LogP contribution in [0.5, 0.6) is 28.7 Å². The maximum atomic E-state index is 5.50. The quantitative estimate of drug-likeness (QED) is 0.700. The Morgan fingerprint density at radius 1 is 0.966 bits per heavy atom. The van der Waals surface area contributed by atoms with Gasteiger partial charge in [0.15, 0.2) is 23.0 Å². The first-order valence-electron chi connectivity index (χ1n) is 9.61. The lowest BCUT2D eigenvalue weighted by molar-refractivity contribution is 0.174. The van der Waals surface area contributed by atoms with Crippen LogP contribution in [0.3, 0.4) is 0 Å². The molecule has 0 radical (unpaired) electrons. The Labute approximate surface area is 173 Å². The van der Waals surface area contributed by atoms with E-state index < -0.39 is 0 Å². The predicted octanol–water partition coefficient (Wildman–Crippen LogP) is 2.78. The first-order chi connectivity index (χ1) is 14.1. The number of hydrogen-bond donors (Lipinski definition) is 2. The Morgan fingerprint density at radius 2 is 1.62 bits per heavy atom. The molecule has 7 heteroatoms. The van der Waals surface area contributed by atoms with Crippen molar-refractivity contribution in [2.45, 2.75) is 25.8 Å². The first-order valence-corrected chi connectivity index (χ1v) is 9.61. The molecule has 1 heterocycles. The zero-order chi connectivity index (χ0) is 21.2. The van der Waals surface area contributed by atoms with Gasteiger partial charge in [-0.2, -0.15) is 0 Å². The Morgan fingerprint density at radius 3 is 2.17 bits per heavy atom. The smallest absolute Gasteiger partial charge is 0.231 e. The Kier molecular flexibility index (Phi) is 8.89. The van der Waals surface area contributed by atoms with Crippen molar-refractivity contribution in [1.82, 2.24) is 5.32 Å². The van der Waals surface area contributed by atoms with Crippen LogP contribution in [0.15, 0.2) is 30.3 Å². The van der Waals surface area contributed by atoms with Crippen LogP contribution in [-0.2, 0) is 12.8 Å². The van der Waals surface area contributed by atoms with Crippen molar-refractivity contribution in [1.29, 1.82) is 0 Å². The topological polar surface area (TPSA) is 84.2 Å². The van der Waals surface area contributed by atoms with Gasteiger partial charge in [0.25, 0.3) is 0 Å². The molecule has 1 unspecified atom stereocenters. The van der Waals surface area contributed by atoms with Gasteiger partial charge >= 0.3 is 0 Å². The molecule has 0 fully saturated rings. The van der Waals surface area contributed by atoms with Gasteiger partial charge in [-0.25, -0.2) is 0 Å². The number of likely N-dealkylation sites (N-methyl/N-ethyl adjacent to an activating group) is 1. The van der Waals surface area contributed by atoms with Crippen LogP contribution in [0.1, 0.15) is 18.1 Å². The largest absolute Gasteiger partial charge is 0.493 e. The minimum Gasteiger partial charge on any atom is -0.493 e.